The maximum absolute atomic E-state index is 13.3. The first-order valence-electron chi connectivity index (χ1n) is 11.3. The van der Waals surface area contributed by atoms with Crippen molar-refractivity contribution in [1.82, 2.24) is 4.31 Å². The largest absolute Gasteiger partial charge is 0.494 e. The molecule has 1 heterocycles. The molecule has 1 atom stereocenters. The Morgan fingerprint density at radius 2 is 1.94 bits per heavy atom. The molecule has 1 aliphatic heterocycles. The van der Waals surface area contributed by atoms with Crippen molar-refractivity contribution in [2.45, 2.75) is 58.3 Å². The monoisotopic (exact) mass is 458 g/mol. The predicted molar refractivity (Wildman–Crippen MR) is 128 cm³/mol. The third kappa shape index (κ3) is 5.15. The maximum Gasteiger partial charge on any atom is 0.243 e. The zero-order valence-corrected chi connectivity index (χ0v) is 20.5. The molecule has 1 saturated heterocycles. The molecule has 174 valence electrons. The van der Waals surface area contributed by atoms with Gasteiger partial charge >= 0.3 is 0 Å². The molecule has 3 rings (SSSR count). The molecule has 1 aliphatic rings. The highest BCUT2D eigenvalue weighted by atomic mass is 32.2. The molecule has 2 aromatic rings. The average Bonchev–Trinajstić information content (AvgIpc) is 2.76. The second-order valence-electron chi connectivity index (χ2n) is 8.75. The summed E-state index contributed by atoms with van der Waals surface area (Å²) >= 11 is 0. The first kappa shape index (κ1) is 24.3. The lowest BCUT2D eigenvalue weighted by molar-refractivity contribution is -0.120. The topological polar surface area (TPSA) is 75.7 Å². The molecule has 0 bridgehead atoms. The number of anilines is 1. The number of amides is 1. The maximum atomic E-state index is 13.3. The summed E-state index contributed by atoms with van der Waals surface area (Å²) < 4.78 is 33.5. The zero-order valence-electron chi connectivity index (χ0n) is 19.6. The van der Waals surface area contributed by atoms with Crippen molar-refractivity contribution in [3.8, 4) is 5.75 Å². The number of benzene rings is 2. The minimum atomic E-state index is -3.69. The van der Waals surface area contributed by atoms with Crippen LogP contribution < -0.4 is 10.1 Å². The van der Waals surface area contributed by atoms with Gasteiger partial charge in [0.15, 0.2) is 0 Å². The van der Waals surface area contributed by atoms with Crippen LogP contribution in [0.3, 0.4) is 0 Å². The van der Waals surface area contributed by atoms with Crippen molar-refractivity contribution in [2.75, 3.05) is 25.0 Å². The second kappa shape index (κ2) is 10.0. The fourth-order valence-corrected chi connectivity index (χ4v) is 5.80. The summed E-state index contributed by atoms with van der Waals surface area (Å²) in [5, 5.41) is 3.10. The van der Waals surface area contributed by atoms with Crippen LogP contribution in [0.25, 0.3) is 0 Å². The van der Waals surface area contributed by atoms with E-state index in [2.05, 4.69) is 19.2 Å². The SMILES string of the molecule is CCOc1ccc(S(=O)(=O)N2CCC[C@@H](C(=O)Nc3c(C)cccc3C(C)C)C2)cc1C. The Hall–Kier alpha value is -2.38. The molecule has 1 N–H and O–H groups in total. The Morgan fingerprint density at radius 3 is 2.59 bits per heavy atom. The van der Waals surface area contributed by atoms with Gasteiger partial charge in [0.1, 0.15) is 5.75 Å². The molecule has 0 aromatic heterocycles. The molecule has 32 heavy (non-hydrogen) atoms. The van der Waals surface area contributed by atoms with Crippen LogP contribution in [0.15, 0.2) is 41.3 Å². The summed E-state index contributed by atoms with van der Waals surface area (Å²) in [7, 11) is -3.69. The molecule has 2 aromatic carbocycles. The summed E-state index contributed by atoms with van der Waals surface area (Å²) in [6.45, 7) is 11.0. The van der Waals surface area contributed by atoms with E-state index in [0.29, 0.717) is 31.7 Å². The van der Waals surface area contributed by atoms with Gasteiger partial charge in [-0.25, -0.2) is 8.42 Å². The number of ether oxygens (including phenoxy) is 1. The van der Waals surface area contributed by atoms with E-state index in [0.717, 1.165) is 22.4 Å². The van der Waals surface area contributed by atoms with Gasteiger partial charge < -0.3 is 10.1 Å². The summed E-state index contributed by atoms with van der Waals surface area (Å²) in [5.41, 5.74) is 3.72. The lowest BCUT2D eigenvalue weighted by Gasteiger charge is -2.31. The number of para-hydroxylation sites is 1. The molecule has 0 unspecified atom stereocenters. The van der Waals surface area contributed by atoms with E-state index in [1.807, 2.05) is 39.0 Å². The highest BCUT2D eigenvalue weighted by Crippen LogP contribution is 2.30. The average molecular weight is 459 g/mol. The third-order valence-corrected chi connectivity index (χ3v) is 7.88. The van der Waals surface area contributed by atoms with Crippen LogP contribution in [0.5, 0.6) is 5.75 Å². The van der Waals surface area contributed by atoms with Crippen LogP contribution in [0, 0.1) is 19.8 Å². The molecule has 0 saturated carbocycles. The number of piperidine rings is 1. The van der Waals surface area contributed by atoms with Crippen LogP contribution >= 0.6 is 0 Å². The second-order valence-corrected chi connectivity index (χ2v) is 10.7. The van der Waals surface area contributed by atoms with Crippen molar-refractivity contribution in [3.63, 3.8) is 0 Å². The number of carbonyl (C=O) groups is 1. The fraction of sp³-hybridized carbons (Fsp3) is 0.480. The van der Waals surface area contributed by atoms with Crippen LogP contribution in [0.2, 0.25) is 0 Å². The fourth-order valence-electron chi connectivity index (χ4n) is 4.19. The Morgan fingerprint density at radius 1 is 1.19 bits per heavy atom. The van der Waals surface area contributed by atoms with Gasteiger partial charge in [0.05, 0.1) is 17.4 Å². The van der Waals surface area contributed by atoms with Crippen LogP contribution in [0.1, 0.15) is 56.2 Å². The Kier molecular flexibility index (Phi) is 7.62. The Labute approximate surface area is 192 Å². The molecule has 0 aliphatic carbocycles. The summed E-state index contributed by atoms with van der Waals surface area (Å²) in [5.74, 6) is 0.448. The van der Waals surface area contributed by atoms with Gasteiger partial charge in [-0.3, -0.25) is 4.79 Å². The first-order valence-corrected chi connectivity index (χ1v) is 12.7. The molecule has 6 nitrogen and oxygen atoms in total. The van der Waals surface area contributed by atoms with E-state index < -0.39 is 10.0 Å². The van der Waals surface area contributed by atoms with E-state index in [9.17, 15) is 13.2 Å². The van der Waals surface area contributed by atoms with E-state index in [-0.39, 0.29) is 29.2 Å². The molecule has 0 spiro atoms. The minimum absolute atomic E-state index is 0.121. The van der Waals surface area contributed by atoms with E-state index >= 15 is 0 Å². The highest BCUT2D eigenvalue weighted by Gasteiger charge is 2.34. The van der Waals surface area contributed by atoms with Gasteiger partial charge in [-0.05, 0) is 74.4 Å². The Balaban J connectivity index is 1.78. The lowest BCUT2D eigenvalue weighted by Crippen LogP contribution is -2.43. The number of nitrogens with one attached hydrogen (secondary N) is 1. The minimum Gasteiger partial charge on any atom is -0.494 e. The van der Waals surface area contributed by atoms with Crippen molar-refractivity contribution in [2.24, 2.45) is 5.92 Å². The van der Waals surface area contributed by atoms with Gasteiger partial charge in [-0.15, -0.1) is 0 Å². The van der Waals surface area contributed by atoms with Crippen LogP contribution in [-0.4, -0.2) is 38.3 Å². The third-order valence-electron chi connectivity index (χ3n) is 6.01. The van der Waals surface area contributed by atoms with E-state index in [1.54, 1.807) is 18.2 Å². The number of carbonyl (C=O) groups excluding carboxylic acids is 1. The van der Waals surface area contributed by atoms with Gasteiger partial charge in [0.2, 0.25) is 15.9 Å². The number of hydrogen-bond donors (Lipinski definition) is 1. The van der Waals surface area contributed by atoms with Gasteiger partial charge in [0, 0.05) is 18.8 Å². The van der Waals surface area contributed by atoms with Crippen molar-refractivity contribution >= 4 is 21.6 Å². The number of hydrogen-bond acceptors (Lipinski definition) is 4. The van der Waals surface area contributed by atoms with Gasteiger partial charge in [-0.2, -0.15) is 4.31 Å². The summed E-state index contributed by atoms with van der Waals surface area (Å²) in [6, 6.07) is 10.9. The Bertz CT molecular complexity index is 1080. The molecule has 1 amide bonds. The lowest BCUT2D eigenvalue weighted by atomic mass is 9.95. The van der Waals surface area contributed by atoms with Gasteiger partial charge in [0.25, 0.3) is 0 Å². The molecule has 0 radical (unpaired) electrons. The van der Waals surface area contributed by atoms with E-state index in [4.69, 9.17) is 4.74 Å². The quantitative estimate of drug-likeness (QED) is 0.643. The molecule has 1 fully saturated rings. The summed E-state index contributed by atoms with van der Waals surface area (Å²) in [6.07, 6.45) is 1.32. The van der Waals surface area contributed by atoms with Crippen LogP contribution in [-0.2, 0) is 14.8 Å². The number of sulfonamides is 1. The normalized spacial score (nSPS) is 17.4. The summed E-state index contributed by atoms with van der Waals surface area (Å²) in [4.78, 5) is 13.4. The van der Waals surface area contributed by atoms with E-state index in [1.165, 1.54) is 4.31 Å². The van der Waals surface area contributed by atoms with Crippen molar-refractivity contribution in [3.05, 3.63) is 53.1 Å². The standard InChI is InChI=1S/C25H34N2O4S/c1-6-31-23-13-12-21(15-19(23)5)32(29,30)27-14-8-10-20(16-27)25(28)26-24-18(4)9-7-11-22(24)17(2)3/h7,9,11-13,15,17,20H,6,8,10,14,16H2,1-5H3,(H,26,28)/t20-/m1/s1. The molecular formula is C25H34N2O4S. The molecular weight excluding hydrogens is 424 g/mol. The number of aryl methyl sites for hydroxylation is 2. The smallest absolute Gasteiger partial charge is 0.243 e. The van der Waals surface area contributed by atoms with Gasteiger partial charge in [-0.1, -0.05) is 32.0 Å². The highest BCUT2D eigenvalue weighted by molar-refractivity contribution is 7.89. The predicted octanol–water partition coefficient (Wildman–Crippen LogP) is 4.86. The van der Waals surface area contributed by atoms with Crippen LogP contribution in [0.4, 0.5) is 5.69 Å². The number of nitrogens with zero attached hydrogens (tertiary/aromatic N) is 1. The zero-order chi connectivity index (χ0) is 23.5. The number of rotatable bonds is 7. The van der Waals surface area contributed by atoms with Crippen molar-refractivity contribution in [1.29, 1.82) is 0 Å². The molecule has 7 heteroatoms. The first-order chi connectivity index (χ1) is 15.1. The van der Waals surface area contributed by atoms with Crippen molar-refractivity contribution < 1.29 is 17.9 Å².